The Labute approximate surface area is 154 Å². The van der Waals surface area contributed by atoms with Crippen molar-refractivity contribution in [1.29, 1.82) is 0 Å². The van der Waals surface area contributed by atoms with E-state index in [1.165, 1.54) is 12.0 Å². The zero-order valence-corrected chi connectivity index (χ0v) is 15.2. The molecule has 2 atom stereocenters. The summed E-state index contributed by atoms with van der Waals surface area (Å²) in [6.45, 7) is 0.968. The lowest BCUT2D eigenvalue weighted by Gasteiger charge is -2.23. The summed E-state index contributed by atoms with van der Waals surface area (Å²) in [5.74, 6) is 2.84. The molecule has 0 saturated heterocycles. The summed E-state index contributed by atoms with van der Waals surface area (Å²) in [5.41, 5.74) is 7.57. The zero-order valence-electron chi connectivity index (χ0n) is 15.2. The first-order chi connectivity index (χ1) is 12.7. The second-order valence-corrected chi connectivity index (χ2v) is 8.59. The Morgan fingerprint density at radius 1 is 1.12 bits per heavy atom. The van der Waals surface area contributed by atoms with Crippen LogP contribution in [0.4, 0.5) is 0 Å². The smallest absolute Gasteiger partial charge is 0.229 e. The second kappa shape index (κ2) is 6.46. The fourth-order valence-electron chi connectivity index (χ4n) is 4.43. The molecule has 2 aromatic rings. The topological polar surface area (TPSA) is 77.0 Å². The lowest BCUT2D eigenvalue weighted by Crippen LogP contribution is -2.30. The summed E-state index contributed by atoms with van der Waals surface area (Å²) in [5, 5.41) is 8.13. The standard InChI is InChI=1S/C21H28N4O/c22-16-8-6-15(7-9-16)19-24-20(25-26-19)21(10-11-21)13-23-18-12-17(18)14-4-2-1-3-5-14/h1-5,15-18,23H,6-13,22H2/t15-,16+,17-,18+/m0/s1. The predicted octanol–water partition coefficient (Wildman–Crippen LogP) is 3.23. The molecule has 3 aliphatic rings. The highest BCUT2D eigenvalue weighted by atomic mass is 16.5. The van der Waals surface area contributed by atoms with E-state index in [-0.39, 0.29) is 5.41 Å². The summed E-state index contributed by atoms with van der Waals surface area (Å²) >= 11 is 0. The Kier molecular flexibility index (Phi) is 4.09. The first-order valence-electron chi connectivity index (χ1n) is 10.1. The van der Waals surface area contributed by atoms with Gasteiger partial charge in [-0.1, -0.05) is 35.5 Å². The minimum atomic E-state index is 0.108. The normalized spacial score (nSPS) is 32.3. The number of nitrogens with two attached hydrogens (primary N) is 1. The molecule has 3 fully saturated rings. The zero-order chi connectivity index (χ0) is 17.6. The third-order valence-electron chi connectivity index (χ3n) is 6.61. The molecular weight excluding hydrogens is 324 g/mol. The molecule has 5 nitrogen and oxygen atoms in total. The van der Waals surface area contributed by atoms with Crippen molar-refractivity contribution in [3.8, 4) is 0 Å². The molecule has 1 heterocycles. The number of hydrogen-bond donors (Lipinski definition) is 2. The molecule has 5 heteroatoms. The summed E-state index contributed by atoms with van der Waals surface area (Å²) < 4.78 is 5.65. The van der Waals surface area contributed by atoms with Crippen LogP contribution in [0.1, 0.15) is 74.1 Å². The summed E-state index contributed by atoms with van der Waals surface area (Å²) in [6.07, 6.45) is 7.85. The maximum Gasteiger partial charge on any atom is 0.229 e. The lowest BCUT2D eigenvalue weighted by molar-refractivity contribution is 0.298. The van der Waals surface area contributed by atoms with E-state index in [2.05, 4.69) is 40.8 Å². The van der Waals surface area contributed by atoms with Crippen molar-refractivity contribution in [2.75, 3.05) is 6.54 Å². The SMILES string of the molecule is N[C@H]1CC[C@@H](c2nc(C3(CN[C@@H]4C[C@H]4c4ccccc4)CC3)no2)CC1. The van der Waals surface area contributed by atoms with E-state index in [1.807, 2.05) is 0 Å². The molecular formula is C21H28N4O. The van der Waals surface area contributed by atoms with Crippen LogP contribution in [-0.4, -0.2) is 28.8 Å². The maximum atomic E-state index is 6.01. The Hall–Kier alpha value is -1.72. The molecule has 5 rings (SSSR count). The molecule has 0 unspecified atom stereocenters. The van der Waals surface area contributed by atoms with E-state index >= 15 is 0 Å². The minimum Gasteiger partial charge on any atom is -0.339 e. The van der Waals surface area contributed by atoms with Gasteiger partial charge in [0.15, 0.2) is 5.82 Å². The van der Waals surface area contributed by atoms with Gasteiger partial charge < -0.3 is 15.6 Å². The Morgan fingerprint density at radius 3 is 2.62 bits per heavy atom. The maximum absolute atomic E-state index is 6.01. The number of nitrogens with one attached hydrogen (secondary N) is 1. The average molecular weight is 352 g/mol. The summed E-state index contributed by atoms with van der Waals surface area (Å²) in [6, 6.07) is 11.8. The molecule has 1 aromatic heterocycles. The fraction of sp³-hybridized carbons (Fsp3) is 0.619. The molecule has 1 aromatic carbocycles. The van der Waals surface area contributed by atoms with Crippen LogP contribution >= 0.6 is 0 Å². The Balaban J connectivity index is 1.18. The predicted molar refractivity (Wildman–Crippen MR) is 100.0 cm³/mol. The Bertz CT molecular complexity index is 746. The van der Waals surface area contributed by atoms with Crippen molar-refractivity contribution in [3.63, 3.8) is 0 Å². The van der Waals surface area contributed by atoms with Crippen LogP contribution in [0.25, 0.3) is 0 Å². The molecule has 138 valence electrons. The second-order valence-electron chi connectivity index (χ2n) is 8.59. The van der Waals surface area contributed by atoms with Gasteiger partial charge in [-0.15, -0.1) is 0 Å². The highest BCUT2D eigenvalue weighted by Gasteiger charge is 2.50. The van der Waals surface area contributed by atoms with Crippen LogP contribution in [0.5, 0.6) is 0 Å². The van der Waals surface area contributed by atoms with Gasteiger partial charge in [-0.2, -0.15) is 4.98 Å². The van der Waals surface area contributed by atoms with Gasteiger partial charge in [0, 0.05) is 35.9 Å². The van der Waals surface area contributed by atoms with Gasteiger partial charge in [0.1, 0.15) is 0 Å². The van der Waals surface area contributed by atoms with Crippen molar-refractivity contribution in [3.05, 3.63) is 47.6 Å². The molecule has 3 aliphatic carbocycles. The van der Waals surface area contributed by atoms with Crippen molar-refractivity contribution in [2.45, 2.75) is 74.3 Å². The molecule has 0 bridgehead atoms. The number of rotatable bonds is 6. The number of hydrogen-bond acceptors (Lipinski definition) is 5. The third-order valence-corrected chi connectivity index (χ3v) is 6.61. The van der Waals surface area contributed by atoms with E-state index in [4.69, 9.17) is 15.2 Å². The first kappa shape index (κ1) is 16.5. The van der Waals surface area contributed by atoms with E-state index in [0.29, 0.717) is 23.9 Å². The largest absolute Gasteiger partial charge is 0.339 e. The lowest BCUT2D eigenvalue weighted by atomic mass is 9.86. The van der Waals surface area contributed by atoms with Gasteiger partial charge in [0.25, 0.3) is 0 Å². The van der Waals surface area contributed by atoms with Crippen molar-refractivity contribution in [1.82, 2.24) is 15.5 Å². The van der Waals surface area contributed by atoms with Gasteiger partial charge in [-0.25, -0.2) is 0 Å². The van der Waals surface area contributed by atoms with Gasteiger partial charge in [0.2, 0.25) is 5.89 Å². The summed E-state index contributed by atoms with van der Waals surface area (Å²) in [7, 11) is 0. The van der Waals surface area contributed by atoms with Gasteiger partial charge in [-0.3, -0.25) is 0 Å². The number of aromatic nitrogens is 2. The highest BCUT2D eigenvalue weighted by Crippen LogP contribution is 2.48. The van der Waals surface area contributed by atoms with Crippen LogP contribution in [0.2, 0.25) is 0 Å². The molecule has 3 N–H and O–H groups in total. The first-order valence-corrected chi connectivity index (χ1v) is 10.1. The van der Waals surface area contributed by atoms with Crippen molar-refractivity contribution < 1.29 is 4.52 Å². The molecule has 26 heavy (non-hydrogen) atoms. The van der Waals surface area contributed by atoms with Crippen LogP contribution in [-0.2, 0) is 5.41 Å². The van der Waals surface area contributed by atoms with E-state index < -0.39 is 0 Å². The molecule has 0 amide bonds. The van der Waals surface area contributed by atoms with Crippen LogP contribution in [0.3, 0.4) is 0 Å². The molecule has 0 spiro atoms. The minimum absolute atomic E-state index is 0.108. The molecule has 0 radical (unpaired) electrons. The van der Waals surface area contributed by atoms with Gasteiger partial charge in [0.05, 0.1) is 0 Å². The van der Waals surface area contributed by atoms with Crippen LogP contribution in [0.15, 0.2) is 34.9 Å². The number of benzene rings is 1. The van der Waals surface area contributed by atoms with E-state index in [9.17, 15) is 0 Å². The van der Waals surface area contributed by atoms with E-state index in [0.717, 1.165) is 56.8 Å². The van der Waals surface area contributed by atoms with Crippen LogP contribution in [0, 0.1) is 0 Å². The van der Waals surface area contributed by atoms with Gasteiger partial charge >= 0.3 is 0 Å². The van der Waals surface area contributed by atoms with Gasteiger partial charge in [-0.05, 0) is 50.5 Å². The molecule has 0 aliphatic heterocycles. The molecule has 3 saturated carbocycles. The average Bonchev–Trinajstić information content (AvgIpc) is 3.59. The Morgan fingerprint density at radius 2 is 1.88 bits per heavy atom. The number of nitrogens with zero attached hydrogens (tertiary/aromatic N) is 2. The summed E-state index contributed by atoms with van der Waals surface area (Å²) in [4.78, 5) is 4.81. The van der Waals surface area contributed by atoms with Crippen molar-refractivity contribution >= 4 is 0 Å². The van der Waals surface area contributed by atoms with E-state index in [1.54, 1.807) is 0 Å². The highest BCUT2D eigenvalue weighted by molar-refractivity contribution is 5.28. The van der Waals surface area contributed by atoms with Crippen LogP contribution < -0.4 is 11.1 Å². The fourth-order valence-corrected chi connectivity index (χ4v) is 4.43. The third kappa shape index (κ3) is 3.19. The van der Waals surface area contributed by atoms with Crippen molar-refractivity contribution in [2.24, 2.45) is 5.73 Å². The monoisotopic (exact) mass is 352 g/mol. The quantitative estimate of drug-likeness (QED) is 0.835.